The molecule has 0 aliphatic carbocycles. The normalized spacial score (nSPS) is 11.4. The number of ether oxygens (including phenoxy) is 2. The Morgan fingerprint density at radius 2 is 2.06 bits per heavy atom. The van der Waals surface area contributed by atoms with Crippen molar-refractivity contribution in [1.82, 2.24) is 5.32 Å². The first-order chi connectivity index (χ1) is 8.52. The van der Waals surface area contributed by atoms with Gasteiger partial charge in [0.05, 0.1) is 19.1 Å². The van der Waals surface area contributed by atoms with Crippen molar-refractivity contribution < 1.29 is 24.2 Å². The number of carboxylic acids is 1. The molecular weight excluding hydrogens is 238 g/mol. The topological polar surface area (TPSA) is 87.7 Å². The summed E-state index contributed by atoms with van der Waals surface area (Å²) in [7, 11) is 1.52. The van der Waals surface area contributed by atoms with Crippen LogP contribution in [0.15, 0.2) is 24.3 Å². The SMILES string of the molecule is COc1cccc(OCC(=O)N[C@H](C)C(=O)[O-])c1. The maximum absolute atomic E-state index is 11.3. The fraction of sp³-hybridized carbons (Fsp3) is 0.333. The molecule has 0 unspecified atom stereocenters. The number of carboxylic acid groups (broad SMARTS) is 1. The predicted molar refractivity (Wildman–Crippen MR) is 61.1 cm³/mol. The lowest BCUT2D eigenvalue weighted by atomic mass is 10.3. The van der Waals surface area contributed by atoms with Gasteiger partial charge in [0.15, 0.2) is 6.61 Å². The highest BCUT2D eigenvalue weighted by Gasteiger charge is 2.08. The number of hydrogen-bond donors (Lipinski definition) is 1. The minimum atomic E-state index is -1.34. The highest BCUT2D eigenvalue weighted by molar-refractivity contribution is 5.83. The van der Waals surface area contributed by atoms with E-state index in [1.165, 1.54) is 14.0 Å². The molecule has 0 heterocycles. The summed E-state index contributed by atoms with van der Waals surface area (Å²) in [5.74, 6) is -0.805. The number of aliphatic carboxylic acids is 1. The summed E-state index contributed by atoms with van der Waals surface area (Å²) in [6, 6.07) is 5.69. The van der Waals surface area contributed by atoms with E-state index in [-0.39, 0.29) is 6.61 Å². The number of amides is 1. The van der Waals surface area contributed by atoms with E-state index in [1.807, 2.05) is 0 Å². The third kappa shape index (κ3) is 4.32. The Kier molecular flexibility index (Phi) is 4.98. The van der Waals surface area contributed by atoms with Crippen LogP contribution in [0.4, 0.5) is 0 Å². The van der Waals surface area contributed by atoms with Crippen molar-refractivity contribution in [2.45, 2.75) is 13.0 Å². The first-order valence-electron chi connectivity index (χ1n) is 5.30. The average Bonchev–Trinajstić information content (AvgIpc) is 2.36. The molecule has 0 spiro atoms. The molecular formula is C12H14NO5-. The van der Waals surface area contributed by atoms with Crippen molar-refractivity contribution in [2.24, 2.45) is 0 Å². The third-order valence-corrected chi connectivity index (χ3v) is 2.14. The summed E-state index contributed by atoms with van der Waals surface area (Å²) in [6.07, 6.45) is 0. The molecule has 1 aromatic rings. The van der Waals surface area contributed by atoms with Gasteiger partial charge < -0.3 is 24.7 Å². The number of carbonyl (C=O) groups excluding carboxylic acids is 2. The van der Waals surface area contributed by atoms with Gasteiger partial charge in [-0.2, -0.15) is 0 Å². The highest BCUT2D eigenvalue weighted by atomic mass is 16.5. The molecule has 0 aliphatic heterocycles. The largest absolute Gasteiger partial charge is 0.548 e. The lowest BCUT2D eigenvalue weighted by Crippen LogP contribution is -2.47. The van der Waals surface area contributed by atoms with Crippen LogP contribution in [-0.2, 0) is 9.59 Å². The van der Waals surface area contributed by atoms with Gasteiger partial charge in [-0.25, -0.2) is 0 Å². The fourth-order valence-electron chi connectivity index (χ4n) is 1.18. The van der Waals surface area contributed by atoms with Gasteiger partial charge in [0, 0.05) is 6.07 Å². The second-order valence-corrected chi connectivity index (χ2v) is 3.58. The number of nitrogens with one attached hydrogen (secondary N) is 1. The Bertz CT molecular complexity index is 432. The minimum absolute atomic E-state index is 0.273. The van der Waals surface area contributed by atoms with E-state index in [0.29, 0.717) is 11.5 Å². The van der Waals surface area contributed by atoms with E-state index in [4.69, 9.17) is 9.47 Å². The number of hydrogen-bond acceptors (Lipinski definition) is 5. The van der Waals surface area contributed by atoms with E-state index in [1.54, 1.807) is 24.3 Å². The van der Waals surface area contributed by atoms with Crippen molar-refractivity contribution in [2.75, 3.05) is 13.7 Å². The zero-order chi connectivity index (χ0) is 13.5. The van der Waals surface area contributed by atoms with Crippen molar-refractivity contribution in [3.05, 3.63) is 24.3 Å². The molecule has 0 fully saturated rings. The molecule has 1 atom stereocenters. The van der Waals surface area contributed by atoms with Crippen molar-refractivity contribution >= 4 is 11.9 Å². The van der Waals surface area contributed by atoms with Gasteiger partial charge in [0.2, 0.25) is 0 Å². The van der Waals surface area contributed by atoms with Gasteiger partial charge in [0.1, 0.15) is 11.5 Å². The molecule has 1 N–H and O–H groups in total. The van der Waals surface area contributed by atoms with E-state index in [0.717, 1.165) is 0 Å². The standard InChI is InChI=1S/C12H15NO5/c1-8(12(15)16)13-11(14)7-18-10-5-3-4-9(6-10)17-2/h3-6,8H,7H2,1-2H3,(H,13,14)(H,15,16)/p-1/t8-/m1/s1. The molecule has 0 saturated carbocycles. The van der Waals surface area contributed by atoms with Gasteiger partial charge in [-0.3, -0.25) is 4.79 Å². The number of rotatable bonds is 6. The highest BCUT2D eigenvalue weighted by Crippen LogP contribution is 2.18. The van der Waals surface area contributed by atoms with Crippen LogP contribution in [0.1, 0.15) is 6.92 Å². The van der Waals surface area contributed by atoms with Crippen LogP contribution in [0.25, 0.3) is 0 Å². The molecule has 18 heavy (non-hydrogen) atoms. The maximum atomic E-state index is 11.3. The van der Waals surface area contributed by atoms with Gasteiger partial charge in [-0.05, 0) is 19.1 Å². The Hall–Kier alpha value is -2.24. The molecule has 1 amide bonds. The van der Waals surface area contributed by atoms with Crippen LogP contribution >= 0.6 is 0 Å². The van der Waals surface area contributed by atoms with Gasteiger partial charge in [-0.1, -0.05) is 6.07 Å². The molecule has 0 saturated heterocycles. The van der Waals surface area contributed by atoms with E-state index in [9.17, 15) is 14.7 Å². The lowest BCUT2D eigenvalue weighted by Gasteiger charge is -2.14. The molecule has 0 aliphatic rings. The van der Waals surface area contributed by atoms with Crippen LogP contribution in [0.3, 0.4) is 0 Å². The summed E-state index contributed by atoms with van der Waals surface area (Å²) in [6.45, 7) is 1.05. The van der Waals surface area contributed by atoms with Crippen molar-refractivity contribution in [3.63, 3.8) is 0 Å². The minimum Gasteiger partial charge on any atom is -0.548 e. The van der Waals surface area contributed by atoms with Crippen molar-refractivity contribution in [1.29, 1.82) is 0 Å². The van der Waals surface area contributed by atoms with Gasteiger partial charge in [-0.15, -0.1) is 0 Å². The van der Waals surface area contributed by atoms with E-state index in [2.05, 4.69) is 5.32 Å². The third-order valence-electron chi connectivity index (χ3n) is 2.14. The van der Waals surface area contributed by atoms with Crippen molar-refractivity contribution in [3.8, 4) is 11.5 Å². The average molecular weight is 252 g/mol. The van der Waals surface area contributed by atoms with Crippen LogP contribution < -0.4 is 19.9 Å². The maximum Gasteiger partial charge on any atom is 0.258 e. The van der Waals surface area contributed by atoms with Gasteiger partial charge >= 0.3 is 0 Å². The molecule has 0 bridgehead atoms. The van der Waals surface area contributed by atoms with Crippen LogP contribution in [0.5, 0.6) is 11.5 Å². The first-order valence-corrected chi connectivity index (χ1v) is 5.30. The molecule has 0 aromatic heterocycles. The molecule has 98 valence electrons. The Morgan fingerprint density at radius 1 is 1.39 bits per heavy atom. The van der Waals surface area contributed by atoms with E-state index >= 15 is 0 Å². The summed E-state index contributed by atoms with van der Waals surface area (Å²) in [5.41, 5.74) is 0. The Morgan fingerprint density at radius 3 is 2.67 bits per heavy atom. The number of methoxy groups -OCH3 is 1. The van der Waals surface area contributed by atoms with Crippen LogP contribution in [0.2, 0.25) is 0 Å². The number of carbonyl (C=O) groups is 2. The van der Waals surface area contributed by atoms with E-state index < -0.39 is 17.9 Å². The summed E-state index contributed by atoms with van der Waals surface area (Å²) < 4.78 is 10.2. The molecule has 6 nitrogen and oxygen atoms in total. The first kappa shape index (κ1) is 13.8. The monoisotopic (exact) mass is 252 g/mol. The van der Waals surface area contributed by atoms with Gasteiger partial charge in [0.25, 0.3) is 5.91 Å². The Labute approximate surface area is 105 Å². The second-order valence-electron chi connectivity index (χ2n) is 3.58. The molecule has 0 radical (unpaired) electrons. The Balaban J connectivity index is 2.44. The zero-order valence-corrected chi connectivity index (χ0v) is 10.1. The summed E-state index contributed by atoms with van der Waals surface area (Å²) >= 11 is 0. The van der Waals surface area contributed by atoms with Crippen LogP contribution in [0, 0.1) is 0 Å². The lowest BCUT2D eigenvalue weighted by molar-refractivity contribution is -0.307. The molecule has 6 heteroatoms. The second kappa shape index (κ2) is 6.48. The molecule has 1 aromatic carbocycles. The molecule has 1 rings (SSSR count). The predicted octanol–water partition coefficient (Wildman–Crippen LogP) is -0.671. The smallest absolute Gasteiger partial charge is 0.258 e. The van der Waals surface area contributed by atoms with Crippen LogP contribution in [-0.4, -0.2) is 31.6 Å². The zero-order valence-electron chi connectivity index (χ0n) is 10.1. The quantitative estimate of drug-likeness (QED) is 0.725. The summed E-state index contributed by atoms with van der Waals surface area (Å²) in [4.78, 5) is 21.7. The number of benzene rings is 1. The fourth-order valence-corrected chi connectivity index (χ4v) is 1.18. The summed E-state index contributed by atoms with van der Waals surface area (Å²) in [5, 5.41) is 12.6.